The minimum absolute atomic E-state index is 0. The van der Waals surface area contributed by atoms with Crippen LogP contribution < -0.4 is 20.7 Å². The van der Waals surface area contributed by atoms with Crippen molar-refractivity contribution in [3.63, 3.8) is 0 Å². The van der Waals surface area contributed by atoms with Crippen molar-refractivity contribution >= 4 is 53.0 Å². The summed E-state index contributed by atoms with van der Waals surface area (Å²) < 4.78 is 0. The monoisotopic (exact) mass is 1460 g/mol. The van der Waals surface area contributed by atoms with Crippen LogP contribution in [0.4, 0.5) is 0 Å². The fourth-order valence-electron chi connectivity index (χ4n) is 10.8. The molecule has 5 aromatic rings. The zero-order chi connectivity index (χ0) is 49.4. The summed E-state index contributed by atoms with van der Waals surface area (Å²) in [6, 6.07) is 0. The summed E-state index contributed by atoms with van der Waals surface area (Å²) in [4.78, 5) is 0. The van der Waals surface area contributed by atoms with E-state index in [9.17, 15) is 0 Å². The third-order valence-corrected chi connectivity index (χ3v) is 24.6. The summed E-state index contributed by atoms with van der Waals surface area (Å²) >= 11 is 0. The zero-order valence-corrected chi connectivity index (χ0v) is 68.5. The molecular weight excluding hydrogens is 1350 g/mol. The van der Waals surface area contributed by atoms with Crippen molar-refractivity contribution in [3.05, 3.63) is 117 Å². The largest absolute Gasteiger partial charge is 3.00 e. The van der Waals surface area contributed by atoms with Gasteiger partial charge in [-0.15, -0.1) is 0 Å². The molecule has 0 spiro atoms. The molecule has 0 aliphatic heterocycles. The van der Waals surface area contributed by atoms with Gasteiger partial charge in [0.05, 0.1) is 0 Å². The summed E-state index contributed by atoms with van der Waals surface area (Å²) in [6.45, 7) is 76.4. The molecule has 0 N–H and O–H groups in total. The van der Waals surface area contributed by atoms with Crippen LogP contribution >= 0.6 is 0 Å². The van der Waals surface area contributed by atoms with E-state index < -0.39 is 32.3 Å². The topological polar surface area (TPSA) is 0 Å². The Balaban J connectivity index is -0.0000000356. The van der Waals surface area contributed by atoms with Crippen LogP contribution in [0.2, 0.25) is 78.6 Å². The maximum atomic E-state index is 2.43. The Morgan fingerprint density at radius 3 is 0.358 bits per heavy atom. The molecule has 5 aromatic carbocycles. The third kappa shape index (κ3) is 19.1. The molecule has 5 rings (SSSR count). The minimum atomic E-state index is -1.13. The Morgan fingerprint density at radius 2 is 0.313 bits per heavy atom. The molecule has 9 heteroatoms. The molecule has 67 heavy (non-hydrogen) atoms. The van der Waals surface area contributed by atoms with E-state index in [4.69, 9.17) is 0 Å². The van der Waals surface area contributed by atoms with E-state index in [0.717, 1.165) is 0 Å². The smallest absolute Gasteiger partial charge is 1.00 e. The summed E-state index contributed by atoms with van der Waals surface area (Å²) in [6.07, 6.45) is 0. The van der Waals surface area contributed by atoms with Crippen LogP contribution in [0.25, 0.3) is 0 Å². The van der Waals surface area contributed by atoms with Gasteiger partial charge >= 0.3 is 131 Å². The third-order valence-electron chi connectivity index (χ3n) is 15.6. The van der Waals surface area contributed by atoms with E-state index in [0.29, 0.717) is 0 Å². The molecule has 0 aliphatic rings. The first-order chi connectivity index (χ1) is 27.6. The molecule has 0 nitrogen and oxygen atoms in total. The van der Waals surface area contributed by atoms with Gasteiger partial charge in [-0.25, -0.2) is 0 Å². The fourth-order valence-corrected chi connectivity index (χ4v) is 21.3. The predicted octanol–water partition coefficient (Wildman–Crippen LogP) is 17.1. The first kappa shape index (κ1) is 78.6. The van der Waals surface area contributed by atoms with Crippen molar-refractivity contribution in [3.8, 4) is 0 Å². The van der Waals surface area contributed by atoms with Gasteiger partial charge < -0.3 is 18.5 Å². The van der Waals surface area contributed by atoms with E-state index >= 15 is 0 Å². The van der Waals surface area contributed by atoms with Crippen molar-refractivity contribution < 1.29 is 170 Å². The summed E-state index contributed by atoms with van der Waals surface area (Å²) in [7, 11) is -4.53. The van der Waals surface area contributed by atoms with Crippen LogP contribution in [-0.4, -0.2) is 32.3 Å². The maximum Gasteiger partial charge on any atom is 3.00 e. The van der Waals surface area contributed by atoms with E-state index in [2.05, 4.69) is 224 Å². The molecule has 0 saturated carbocycles. The summed E-state index contributed by atoms with van der Waals surface area (Å²) in [5.41, 5.74) is 31.8. The van der Waals surface area contributed by atoms with Gasteiger partial charge in [0.15, 0.2) is 0 Å². The summed E-state index contributed by atoms with van der Waals surface area (Å²) in [5, 5.41) is 6.73. The normalized spacial score (nSPS) is 11.1. The van der Waals surface area contributed by atoms with Crippen LogP contribution in [0.1, 0.15) is 135 Å². The van der Waals surface area contributed by atoms with Crippen molar-refractivity contribution in [2.45, 2.75) is 224 Å². The Hall–Kier alpha value is 2.72. The molecular formula is C58H112Si4WY4-6. The predicted molar refractivity (Wildman–Crippen MR) is 316 cm³/mol. The molecule has 384 valence electrons. The molecule has 0 fully saturated rings. The quantitative estimate of drug-likeness (QED) is 0.124. The second-order valence-corrected chi connectivity index (χ2v) is 43.6. The Labute approximate surface area is 556 Å². The molecule has 0 bridgehead atoms. The van der Waals surface area contributed by atoms with Gasteiger partial charge in [0.2, 0.25) is 0 Å². The second-order valence-electron chi connectivity index (χ2n) is 23.6. The average molecular weight is 1460 g/mol. The van der Waals surface area contributed by atoms with E-state index in [-0.39, 0.29) is 170 Å². The number of rotatable bonds is 4. The van der Waals surface area contributed by atoms with Gasteiger partial charge in [-0.05, 0) is 0 Å². The van der Waals surface area contributed by atoms with Crippen molar-refractivity contribution in [1.82, 2.24) is 0 Å². The van der Waals surface area contributed by atoms with E-state index in [1.807, 2.05) is 0 Å². The summed E-state index contributed by atoms with van der Waals surface area (Å²) in [5.74, 6) is 0. The molecule has 0 amide bonds. The van der Waals surface area contributed by atoms with Gasteiger partial charge in [0.25, 0.3) is 0 Å². The van der Waals surface area contributed by atoms with E-state index in [1.54, 1.807) is 65.3 Å². The van der Waals surface area contributed by atoms with Crippen molar-refractivity contribution in [2.75, 3.05) is 0 Å². The molecule has 0 radical (unpaired) electrons. The van der Waals surface area contributed by atoms with Gasteiger partial charge in [-0.3, -0.25) is 0 Å². The standard InChI is InChI=1S/4C12H21Si.C10H15.W.4Y.13H/c4*1-8-9(2)11(4)12(10(8)3)13(5,6)7;1-6-7(2)9(4)10(5)8(6)3;;;;;;;;;;;;;;;;;;/h4*1-7H3;1-5H3;;;;;;;;;;;;;;;;;;/q5*-1;;4*+3;13*-1. The van der Waals surface area contributed by atoms with Crippen LogP contribution in [-0.2, 0) is 152 Å². The van der Waals surface area contributed by atoms with Gasteiger partial charge in [0, 0.05) is 53.4 Å². The Kier molecular flexibility index (Phi) is 35.7. The van der Waals surface area contributed by atoms with Crippen LogP contribution in [0, 0.1) is 145 Å². The molecule has 0 aromatic heterocycles. The maximum absolute atomic E-state index is 2.43. The first-order valence-corrected chi connectivity index (χ1v) is 37.8. The van der Waals surface area contributed by atoms with Gasteiger partial charge in [-0.1, -0.05) is 224 Å². The van der Waals surface area contributed by atoms with Crippen LogP contribution in [0.3, 0.4) is 0 Å². The fraction of sp³-hybridized carbons (Fsp3) is 0.569. The molecule has 0 heterocycles. The number of hydrogen-bond donors (Lipinski definition) is 0. The van der Waals surface area contributed by atoms with Gasteiger partial charge in [0.1, 0.15) is 0 Å². The van der Waals surface area contributed by atoms with Gasteiger partial charge in [-0.2, -0.15) is 138 Å². The first-order valence-electron chi connectivity index (χ1n) is 23.8. The second kappa shape index (κ2) is 30.5. The molecule has 0 saturated heterocycles. The number of hydrogen-bond acceptors (Lipinski definition) is 0. The minimum Gasteiger partial charge on any atom is -1.00 e. The SMILES string of the molecule is Cc1c(C)c(C)[c-](C)c1C.Cc1c(C)c(C)[c-]([Si](C)(C)C)c1C.Cc1c(C)c(C)[c-]([Si](C)(C)C)c1C.Cc1c(C)c(C)[c-]([Si](C)(C)C)c1C.Cc1c(C)c(C)[c-]([Si](C)(C)C)c1C.[H-].[H-].[H-].[H-].[H-].[H-].[H-].[H-].[H-].[H-].[H-].[H-].[H-].[W].[Y+3].[Y+3].[Y+3].[Y+3]. The average Bonchev–Trinajstić information content (AvgIpc) is 3.69. The Morgan fingerprint density at radius 1 is 0.224 bits per heavy atom. The molecule has 0 aliphatic carbocycles. The zero-order valence-electron chi connectivity index (χ0n) is 63.2. The molecule has 0 unspecified atom stereocenters. The molecule has 0 atom stereocenters. The van der Waals surface area contributed by atoms with E-state index in [1.165, 1.54) is 72.3 Å². The van der Waals surface area contributed by atoms with Crippen LogP contribution in [0.5, 0.6) is 0 Å². The van der Waals surface area contributed by atoms with Crippen molar-refractivity contribution in [1.29, 1.82) is 0 Å². The van der Waals surface area contributed by atoms with Crippen LogP contribution in [0.15, 0.2) is 0 Å². The Bertz CT molecular complexity index is 1940. The van der Waals surface area contributed by atoms with Crippen molar-refractivity contribution in [2.24, 2.45) is 0 Å².